The van der Waals surface area contributed by atoms with E-state index in [0.717, 1.165) is 11.5 Å². The summed E-state index contributed by atoms with van der Waals surface area (Å²) in [5.74, 6) is 1.82. The third kappa shape index (κ3) is 2.06. The molecular formula is C18H18BNO. The van der Waals surface area contributed by atoms with E-state index in [1.807, 2.05) is 41.5 Å². The molecule has 1 heterocycles. The van der Waals surface area contributed by atoms with Crippen LogP contribution in [0, 0.1) is 13.8 Å². The van der Waals surface area contributed by atoms with Crippen molar-refractivity contribution in [2.75, 3.05) is 0 Å². The van der Waals surface area contributed by atoms with Crippen LogP contribution in [0.25, 0.3) is 0 Å². The predicted octanol–water partition coefficient (Wildman–Crippen LogP) is 3.10. The summed E-state index contributed by atoms with van der Waals surface area (Å²) in [6.45, 7) is 12.1. The molecule has 0 atom stereocenters. The molecular weight excluding hydrogens is 257 g/mol. The second-order valence-electron chi connectivity index (χ2n) is 5.29. The Kier molecular flexibility index (Phi) is 3.34. The smallest absolute Gasteiger partial charge is 0.335 e. The second-order valence-corrected chi connectivity index (χ2v) is 5.29. The van der Waals surface area contributed by atoms with Crippen molar-refractivity contribution in [3.63, 3.8) is 0 Å². The summed E-state index contributed by atoms with van der Waals surface area (Å²) in [6, 6.07) is 12.3. The minimum absolute atomic E-state index is 0.0566. The number of aryl methyl sites for hydroxylation is 2. The Bertz CT molecular complexity index is 664. The van der Waals surface area contributed by atoms with Crippen molar-refractivity contribution in [2.24, 2.45) is 0 Å². The molecule has 3 heteroatoms. The van der Waals surface area contributed by atoms with E-state index in [0.29, 0.717) is 0 Å². The Morgan fingerprint density at radius 1 is 0.905 bits per heavy atom. The Balaban J connectivity index is 2.31. The first-order valence-corrected chi connectivity index (χ1v) is 7.06. The lowest BCUT2D eigenvalue weighted by Gasteiger charge is -2.33. The minimum atomic E-state index is 0.0566. The highest BCUT2D eigenvalue weighted by Gasteiger charge is 2.36. The number of benzene rings is 2. The van der Waals surface area contributed by atoms with Crippen LogP contribution >= 0.6 is 0 Å². The molecule has 2 aromatic rings. The van der Waals surface area contributed by atoms with Gasteiger partial charge in [0, 0.05) is 0 Å². The summed E-state index contributed by atoms with van der Waals surface area (Å²) >= 11 is 0. The van der Waals surface area contributed by atoms with Crippen molar-refractivity contribution < 1.29 is 4.74 Å². The average Bonchev–Trinajstić information content (AvgIpc) is 2.48. The topological polar surface area (TPSA) is 12.5 Å². The third-order valence-electron chi connectivity index (χ3n) is 4.05. The van der Waals surface area contributed by atoms with Crippen molar-refractivity contribution in [3.8, 4) is 11.5 Å². The Hall–Kier alpha value is -2.42. The van der Waals surface area contributed by atoms with Gasteiger partial charge in [0.05, 0.1) is 0 Å². The molecule has 1 aliphatic rings. The Morgan fingerprint density at radius 3 is 1.81 bits per heavy atom. The van der Waals surface area contributed by atoms with Gasteiger partial charge in [0.2, 0.25) is 0 Å². The highest BCUT2D eigenvalue weighted by atomic mass is 16.5. The van der Waals surface area contributed by atoms with Gasteiger partial charge in [-0.1, -0.05) is 48.6 Å². The van der Waals surface area contributed by atoms with Crippen LogP contribution in [0.4, 0.5) is 0 Å². The van der Waals surface area contributed by atoms with Crippen LogP contribution in [0.2, 0.25) is 0 Å². The lowest BCUT2D eigenvalue weighted by molar-refractivity contribution is 0.485. The van der Waals surface area contributed by atoms with Gasteiger partial charge < -0.3 is 9.55 Å². The van der Waals surface area contributed by atoms with Crippen molar-refractivity contribution in [3.05, 3.63) is 73.1 Å². The molecule has 0 N–H and O–H groups in total. The molecule has 3 rings (SSSR count). The molecule has 0 saturated carbocycles. The zero-order valence-corrected chi connectivity index (χ0v) is 12.5. The number of hydrogen-bond acceptors (Lipinski definition) is 2. The van der Waals surface area contributed by atoms with Gasteiger partial charge in [-0.2, -0.15) is 0 Å². The molecule has 0 bridgehead atoms. The van der Waals surface area contributed by atoms with E-state index in [1.165, 1.54) is 22.1 Å². The van der Waals surface area contributed by atoms with Gasteiger partial charge in [-0.15, -0.1) is 0 Å². The molecule has 0 amide bonds. The Morgan fingerprint density at radius 2 is 1.38 bits per heavy atom. The molecule has 0 saturated heterocycles. The zero-order valence-electron chi connectivity index (χ0n) is 12.5. The second kappa shape index (κ2) is 5.17. The lowest BCUT2D eigenvalue weighted by Crippen LogP contribution is -2.56. The number of ether oxygens (including phenoxy) is 1. The van der Waals surface area contributed by atoms with Gasteiger partial charge >= 0.3 is 6.85 Å². The summed E-state index contributed by atoms with van der Waals surface area (Å²) in [7, 11) is 0. The molecule has 0 unspecified atom stereocenters. The molecule has 0 fully saturated rings. The molecule has 0 aliphatic carbocycles. The lowest BCUT2D eigenvalue weighted by atomic mass is 9.46. The van der Waals surface area contributed by atoms with Gasteiger partial charge in [0.25, 0.3) is 0 Å². The van der Waals surface area contributed by atoms with Gasteiger partial charge in [-0.3, -0.25) is 0 Å². The van der Waals surface area contributed by atoms with Crippen LogP contribution in [-0.2, 0) is 0 Å². The van der Waals surface area contributed by atoms with E-state index in [1.54, 1.807) is 0 Å². The molecule has 0 spiro atoms. The van der Waals surface area contributed by atoms with Crippen LogP contribution in [0.3, 0.4) is 0 Å². The van der Waals surface area contributed by atoms with Crippen LogP contribution in [0.1, 0.15) is 11.1 Å². The Labute approximate surface area is 126 Å². The SMILES string of the molecule is C=CN(C=C)B1c2c(C)cccc2Oc2cccc(C)c21. The summed E-state index contributed by atoms with van der Waals surface area (Å²) in [6.07, 6.45) is 3.63. The fourth-order valence-electron chi connectivity index (χ4n) is 3.03. The minimum Gasteiger partial charge on any atom is -0.458 e. The molecule has 2 aromatic carbocycles. The van der Waals surface area contributed by atoms with Gasteiger partial charge in [-0.25, -0.2) is 0 Å². The third-order valence-corrected chi connectivity index (χ3v) is 4.05. The van der Waals surface area contributed by atoms with E-state index >= 15 is 0 Å². The van der Waals surface area contributed by atoms with Gasteiger partial charge in [0.15, 0.2) is 0 Å². The quantitative estimate of drug-likeness (QED) is 0.798. The number of rotatable bonds is 3. The molecule has 1 aliphatic heterocycles. The van der Waals surface area contributed by atoms with Crippen molar-refractivity contribution in [2.45, 2.75) is 13.8 Å². The van der Waals surface area contributed by atoms with Crippen molar-refractivity contribution >= 4 is 17.8 Å². The fraction of sp³-hybridized carbons (Fsp3) is 0.111. The first-order valence-electron chi connectivity index (χ1n) is 7.06. The number of nitrogens with zero attached hydrogens (tertiary/aromatic N) is 1. The summed E-state index contributed by atoms with van der Waals surface area (Å²) in [5.41, 5.74) is 4.78. The van der Waals surface area contributed by atoms with Crippen LogP contribution in [-0.4, -0.2) is 11.7 Å². The van der Waals surface area contributed by atoms with Gasteiger partial charge in [0.1, 0.15) is 11.5 Å². The normalized spacial score (nSPS) is 12.0. The largest absolute Gasteiger partial charge is 0.458 e. The van der Waals surface area contributed by atoms with Crippen LogP contribution in [0.5, 0.6) is 11.5 Å². The van der Waals surface area contributed by atoms with Crippen molar-refractivity contribution in [1.29, 1.82) is 0 Å². The van der Waals surface area contributed by atoms with Crippen LogP contribution < -0.4 is 15.7 Å². The molecule has 104 valence electrons. The van der Waals surface area contributed by atoms with Gasteiger partial charge in [-0.05, 0) is 49.3 Å². The van der Waals surface area contributed by atoms with E-state index in [4.69, 9.17) is 4.74 Å². The number of fused-ring (bicyclic) bond motifs is 2. The first-order chi connectivity index (χ1) is 10.2. The summed E-state index contributed by atoms with van der Waals surface area (Å²) < 4.78 is 6.11. The van der Waals surface area contributed by atoms with E-state index < -0.39 is 0 Å². The standard InChI is InChI=1S/C18H18BNO/c1-5-20(6-2)19-17-13(3)9-7-11-15(17)21-16-12-8-10-14(4)18(16)19/h5-12H,1-2H2,3-4H3. The van der Waals surface area contributed by atoms with E-state index in [-0.39, 0.29) is 6.85 Å². The highest BCUT2D eigenvalue weighted by molar-refractivity contribution is 6.85. The zero-order chi connectivity index (χ0) is 15.0. The molecule has 0 aromatic heterocycles. The maximum absolute atomic E-state index is 6.11. The number of hydrogen-bond donors (Lipinski definition) is 0. The first kappa shape index (κ1) is 13.6. The average molecular weight is 275 g/mol. The van der Waals surface area contributed by atoms with E-state index in [9.17, 15) is 0 Å². The fourth-order valence-corrected chi connectivity index (χ4v) is 3.03. The van der Waals surface area contributed by atoms with Crippen molar-refractivity contribution in [1.82, 2.24) is 4.81 Å². The maximum Gasteiger partial charge on any atom is 0.335 e. The monoisotopic (exact) mass is 275 g/mol. The maximum atomic E-state index is 6.11. The van der Waals surface area contributed by atoms with Crippen LogP contribution in [0.15, 0.2) is 62.0 Å². The highest BCUT2D eigenvalue weighted by Crippen LogP contribution is 2.27. The summed E-state index contributed by atoms with van der Waals surface area (Å²) in [5, 5.41) is 0. The molecule has 21 heavy (non-hydrogen) atoms. The molecule has 2 nitrogen and oxygen atoms in total. The van der Waals surface area contributed by atoms with E-state index in [2.05, 4.69) is 39.1 Å². The molecule has 0 radical (unpaired) electrons. The predicted molar refractivity (Wildman–Crippen MR) is 89.7 cm³/mol. The summed E-state index contributed by atoms with van der Waals surface area (Å²) in [4.78, 5) is 2.04.